The molecule has 2 rings (SSSR count). The Hall–Kier alpha value is -1.03. The highest BCUT2D eigenvalue weighted by atomic mass is 32.2. The van der Waals surface area contributed by atoms with Gasteiger partial charge in [0.1, 0.15) is 0 Å². The summed E-state index contributed by atoms with van der Waals surface area (Å²) in [5.74, 6) is 0.384. The zero-order chi connectivity index (χ0) is 11.1. The molecule has 0 bridgehead atoms. The quantitative estimate of drug-likeness (QED) is 0.728. The fourth-order valence-corrected chi connectivity index (χ4v) is 3.12. The molecule has 1 aromatic carbocycles. The van der Waals surface area contributed by atoms with E-state index in [2.05, 4.69) is 6.92 Å². The van der Waals surface area contributed by atoms with Crippen molar-refractivity contribution in [2.24, 2.45) is 5.92 Å². The van der Waals surface area contributed by atoms with E-state index in [1.165, 1.54) is 10.6 Å². The third-order valence-electron chi connectivity index (χ3n) is 2.71. The zero-order valence-corrected chi connectivity index (χ0v) is 9.79. The molecule has 0 N–H and O–H groups in total. The Labute approximate surface area is 90.8 Å². The molecule has 0 aliphatic carbocycles. The summed E-state index contributed by atoms with van der Waals surface area (Å²) in [5.41, 5.74) is 1.97. The van der Waals surface area contributed by atoms with E-state index in [0.29, 0.717) is 12.5 Å². The molecule has 3 nitrogen and oxygen atoms in total. The van der Waals surface area contributed by atoms with E-state index in [4.69, 9.17) is 0 Å². The Morgan fingerprint density at radius 1 is 1.33 bits per heavy atom. The number of anilines is 1. The summed E-state index contributed by atoms with van der Waals surface area (Å²) in [6, 6.07) is 7.72. The van der Waals surface area contributed by atoms with Crippen LogP contribution >= 0.6 is 0 Å². The first kappa shape index (κ1) is 10.5. The van der Waals surface area contributed by atoms with Gasteiger partial charge in [0.15, 0.2) is 0 Å². The van der Waals surface area contributed by atoms with Gasteiger partial charge in [0.05, 0.1) is 11.9 Å². The fraction of sp³-hybridized carbons (Fsp3) is 0.455. The maximum atomic E-state index is 11.6. The summed E-state index contributed by atoms with van der Waals surface area (Å²) in [7, 11) is -3.14. The van der Waals surface area contributed by atoms with Crippen LogP contribution in [0.25, 0.3) is 0 Å². The van der Waals surface area contributed by atoms with Gasteiger partial charge in [0, 0.05) is 6.54 Å². The van der Waals surface area contributed by atoms with Gasteiger partial charge in [0.2, 0.25) is 10.0 Å². The predicted octanol–water partition coefficient (Wildman–Crippen LogP) is 1.64. The van der Waals surface area contributed by atoms with Gasteiger partial charge >= 0.3 is 0 Å². The van der Waals surface area contributed by atoms with Gasteiger partial charge < -0.3 is 0 Å². The summed E-state index contributed by atoms with van der Waals surface area (Å²) >= 11 is 0. The van der Waals surface area contributed by atoms with E-state index in [1.54, 1.807) is 0 Å². The lowest BCUT2D eigenvalue weighted by molar-refractivity contribution is 0.548. The molecule has 1 aliphatic heterocycles. The Morgan fingerprint density at radius 2 is 2.00 bits per heavy atom. The van der Waals surface area contributed by atoms with Crippen LogP contribution in [-0.4, -0.2) is 21.2 Å². The first-order chi connectivity index (χ1) is 6.98. The lowest BCUT2D eigenvalue weighted by Gasteiger charge is -2.32. The summed E-state index contributed by atoms with van der Waals surface area (Å²) < 4.78 is 24.8. The highest BCUT2D eigenvalue weighted by Gasteiger charge is 2.26. The first-order valence-electron chi connectivity index (χ1n) is 5.04. The average Bonchev–Trinajstić information content (AvgIpc) is 2.15. The maximum Gasteiger partial charge on any atom is 0.232 e. The number of para-hydroxylation sites is 1. The van der Waals surface area contributed by atoms with Gasteiger partial charge in [0.25, 0.3) is 0 Å². The summed E-state index contributed by atoms with van der Waals surface area (Å²) in [6.45, 7) is 2.67. The molecule has 0 spiro atoms. The van der Waals surface area contributed by atoms with Gasteiger partial charge in [-0.05, 0) is 24.0 Å². The van der Waals surface area contributed by atoms with Gasteiger partial charge in [-0.2, -0.15) is 0 Å². The Kier molecular flexibility index (Phi) is 2.46. The van der Waals surface area contributed by atoms with Crippen molar-refractivity contribution in [3.8, 4) is 0 Å². The van der Waals surface area contributed by atoms with Crippen LogP contribution in [0.1, 0.15) is 12.5 Å². The monoisotopic (exact) mass is 225 g/mol. The molecular formula is C11H15NO2S. The summed E-state index contributed by atoms with van der Waals surface area (Å²) in [6.07, 6.45) is 2.23. The summed E-state index contributed by atoms with van der Waals surface area (Å²) in [5, 5.41) is 0. The van der Waals surface area contributed by atoms with E-state index >= 15 is 0 Å². The molecule has 1 heterocycles. The average molecular weight is 225 g/mol. The van der Waals surface area contributed by atoms with Crippen LogP contribution in [0.15, 0.2) is 24.3 Å². The van der Waals surface area contributed by atoms with Gasteiger partial charge in [-0.25, -0.2) is 8.42 Å². The summed E-state index contributed by atoms with van der Waals surface area (Å²) in [4.78, 5) is 0. The highest BCUT2D eigenvalue weighted by Crippen LogP contribution is 2.30. The van der Waals surface area contributed by atoms with Crippen LogP contribution in [0.2, 0.25) is 0 Å². The van der Waals surface area contributed by atoms with Crippen LogP contribution in [-0.2, 0) is 16.4 Å². The van der Waals surface area contributed by atoms with E-state index in [-0.39, 0.29) is 0 Å². The van der Waals surface area contributed by atoms with Crippen molar-refractivity contribution in [2.45, 2.75) is 13.3 Å². The minimum Gasteiger partial charge on any atom is -0.270 e. The molecule has 0 fully saturated rings. The third-order valence-corrected chi connectivity index (χ3v) is 3.85. The minimum atomic E-state index is -3.14. The molecule has 0 saturated carbocycles. The fourth-order valence-electron chi connectivity index (χ4n) is 2.06. The van der Waals surface area contributed by atoms with Crippen molar-refractivity contribution < 1.29 is 8.42 Å². The molecule has 1 aromatic rings. The van der Waals surface area contributed by atoms with Crippen LogP contribution in [0.5, 0.6) is 0 Å². The number of benzene rings is 1. The molecule has 1 atom stereocenters. The Bertz CT molecular complexity index is 467. The number of fused-ring (bicyclic) bond motifs is 1. The molecule has 0 amide bonds. The third kappa shape index (κ3) is 2.00. The van der Waals surface area contributed by atoms with E-state index in [1.807, 2.05) is 24.3 Å². The Morgan fingerprint density at radius 3 is 2.67 bits per heavy atom. The van der Waals surface area contributed by atoms with Gasteiger partial charge in [-0.1, -0.05) is 25.1 Å². The first-order valence-corrected chi connectivity index (χ1v) is 6.89. The van der Waals surface area contributed by atoms with Crippen LogP contribution in [0, 0.1) is 5.92 Å². The lowest BCUT2D eigenvalue weighted by atomic mass is 9.96. The lowest BCUT2D eigenvalue weighted by Crippen LogP contribution is -2.38. The second-order valence-corrected chi connectivity index (χ2v) is 6.14. The van der Waals surface area contributed by atoms with Gasteiger partial charge in [-0.3, -0.25) is 4.31 Å². The number of hydrogen-bond acceptors (Lipinski definition) is 2. The Balaban J connectivity index is 2.52. The van der Waals surface area contributed by atoms with Crippen molar-refractivity contribution in [3.05, 3.63) is 29.8 Å². The molecule has 4 heteroatoms. The SMILES string of the molecule is CC1Cc2ccccc2N(S(C)(=O)=O)C1. The normalized spacial score (nSPS) is 21.2. The molecule has 82 valence electrons. The van der Waals surface area contributed by atoms with Crippen molar-refractivity contribution in [1.29, 1.82) is 0 Å². The molecule has 1 aliphatic rings. The minimum absolute atomic E-state index is 0.384. The van der Waals surface area contributed by atoms with E-state index in [9.17, 15) is 8.42 Å². The molecule has 15 heavy (non-hydrogen) atoms. The smallest absolute Gasteiger partial charge is 0.232 e. The predicted molar refractivity (Wildman–Crippen MR) is 61.5 cm³/mol. The second-order valence-electron chi connectivity index (χ2n) is 4.23. The van der Waals surface area contributed by atoms with E-state index < -0.39 is 10.0 Å². The molecule has 0 saturated heterocycles. The number of rotatable bonds is 1. The zero-order valence-electron chi connectivity index (χ0n) is 8.97. The topological polar surface area (TPSA) is 37.4 Å². The molecule has 1 unspecified atom stereocenters. The molecule has 0 radical (unpaired) electrons. The number of nitrogens with zero attached hydrogens (tertiary/aromatic N) is 1. The number of hydrogen-bond donors (Lipinski definition) is 0. The number of sulfonamides is 1. The van der Waals surface area contributed by atoms with E-state index in [0.717, 1.165) is 17.7 Å². The highest BCUT2D eigenvalue weighted by molar-refractivity contribution is 7.92. The van der Waals surface area contributed by atoms with Gasteiger partial charge in [-0.15, -0.1) is 0 Å². The largest absolute Gasteiger partial charge is 0.270 e. The van der Waals surface area contributed by atoms with Crippen LogP contribution in [0.3, 0.4) is 0 Å². The van der Waals surface area contributed by atoms with Crippen molar-refractivity contribution in [3.63, 3.8) is 0 Å². The van der Waals surface area contributed by atoms with Crippen molar-refractivity contribution in [1.82, 2.24) is 0 Å². The van der Waals surface area contributed by atoms with Crippen LogP contribution < -0.4 is 4.31 Å². The molecule has 0 aromatic heterocycles. The maximum absolute atomic E-state index is 11.6. The molecular weight excluding hydrogens is 210 g/mol. The standard InChI is InChI=1S/C11H15NO2S/c1-9-7-10-5-3-4-6-11(10)12(8-9)15(2,13)14/h3-6,9H,7-8H2,1-2H3. The van der Waals surface area contributed by atoms with Crippen molar-refractivity contribution >= 4 is 15.7 Å². The van der Waals surface area contributed by atoms with Crippen LogP contribution in [0.4, 0.5) is 5.69 Å². The second kappa shape index (κ2) is 3.52. The van der Waals surface area contributed by atoms with Crippen molar-refractivity contribution in [2.75, 3.05) is 17.1 Å².